The number of amides is 1. The van der Waals surface area contributed by atoms with Crippen LogP contribution in [0.15, 0.2) is 76.5 Å². The summed E-state index contributed by atoms with van der Waals surface area (Å²) < 4.78 is 65.2. The van der Waals surface area contributed by atoms with Crippen molar-refractivity contribution >= 4 is 31.6 Å². The molecular weight excluding hydrogens is 542 g/mol. The number of carbonyl (C=O) groups excluding carboxylic acids is 1. The lowest BCUT2D eigenvalue weighted by Gasteiger charge is -2.25. The second-order valence-corrected chi connectivity index (χ2v) is 12.8. The number of hydrogen-bond donors (Lipinski definition) is 1. The molecule has 0 aliphatic heterocycles. The van der Waals surface area contributed by atoms with E-state index in [4.69, 9.17) is 9.47 Å². The second kappa shape index (κ2) is 12.5. The van der Waals surface area contributed by atoms with Gasteiger partial charge < -0.3 is 14.8 Å². The van der Waals surface area contributed by atoms with Crippen LogP contribution in [-0.2, 0) is 31.4 Å². The Morgan fingerprint density at radius 3 is 2.10 bits per heavy atom. The molecule has 1 N–H and O–H groups in total. The lowest BCUT2D eigenvalue weighted by atomic mass is 10.2. The number of benzene rings is 3. The van der Waals surface area contributed by atoms with Crippen molar-refractivity contribution in [2.75, 3.05) is 38.7 Å². The minimum atomic E-state index is -4.22. The lowest BCUT2D eigenvalue weighted by Crippen LogP contribution is -2.40. The molecule has 10 nitrogen and oxygen atoms in total. The molecule has 3 aromatic rings. The van der Waals surface area contributed by atoms with Crippen molar-refractivity contribution in [3.05, 3.63) is 77.9 Å². The van der Waals surface area contributed by atoms with Gasteiger partial charge in [-0.25, -0.2) is 21.1 Å². The maximum Gasteiger partial charge on any atom is 0.268 e. The number of rotatable bonds is 12. The minimum absolute atomic E-state index is 0.0654. The number of ether oxygens (including phenoxy) is 2. The highest BCUT2D eigenvalue weighted by Gasteiger charge is 2.30. The maximum absolute atomic E-state index is 13.8. The van der Waals surface area contributed by atoms with Gasteiger partial charge in [0.15, 0.2) is 0 Å². The lowest BCUT2D eigenvalue weighted by molar-refractivity contribution is -0.119. The van der Waals surface area contributed by atoms with Gasteiger partial charge in [0, 0.05) is 20.6 Å². The van der Waals surface area contributed by atoms with E-state index in [1.54, 1.807) is 55.5 Å². The van der Waals surface area contributed by atoms with Gasteiger partial charge in [0.25, 0.3) is 10.0 Å². The molecule has 0 atom stereocenters. The third-order valence-electron chi connectivity index (χ3n) is 5.80. The van der Waals surface area contributed by atoms with Crippen molar-refractivity contribution in [2.45, 2.75) is 30.2 Å². The van der Waals surface area contributed by atoms with Crippen LogP contribution in [0.2, 0.25) is 0 Å². The highest BCUT2D eigenvalue weighted by Crippen LogP contribution is 2.31. The average molecular weight is 576 g/mol. The van der Waals surface area contributed by atoms with E-state index < -0.39 is 32.5 Å². The molecule has 12 heteroatoms. The quantitative estimate of drug-likeness (QED) is 0.352. The van der Waals surface area contributed by atoms with Gasteiger partial charge in [-0.1, -0.05) is 18.2 Å². The summed E-state index contributed by atoms with van der Waals surface area (Å²) in [6.07, 6.45) is 0. The van der Waals surface area contributed by atoms with Crippen molar-refractivity contribution in [2.24, 2.45) is 0 Å². The van der Waals surface area contributed by atoms with E-state index in [1.807, 2.05) is 6.92 Å². The van der Waals surface area contributed by atoms with Gasteiger partial charge in [0.2, 0.25) is 15.9 Å². The van der Waals surface area contributed by atoms with Gasteiger partial charge in [-0.3, -0.25) is 9.10 Å². The second-order valence-electron chi connectivity index (χ2n) is 8.80. The van der Waals surface area contributed by atoms with Gasteiger partial charge in [0.1, 0.15) is 22.9 Å². The van der Waals surface area contributed by atoms with E-state index in [2.05, 4.69) is 5.32 Å². The Morgan fingerprint density at radius 2 is 1.54 bits per heavy atom. The molecular formula is C27H33N3O7S2. The third-order valence-corrected chi connectivity index (χ3v) is 9.43. The maximum atomic E-state index is 13.8. The van der Waals surface area contributed by atoms with Crippen molar-refractivity contribution in [3.63, 3.8) is 0 Å². The SMILES string of the molecule is CCOc1ccc(N(CC(=O)NCc2ccc(S(=O)(=O)N(C)C)cc2)S(=O)(=O)c2cc(C)ccc2OC)cc1. The molecule has 0 aliphatic carbocycles. The fourth-order valence-electron chi connectivity index (χ4n) is 3.67. The average Bonchev–Trinajstić information content (AvgIpc) is 2.91. The Morgan fingerprint density at radius 1 is 0.897 bits per heavy atom. The van der Waals surface area contributed by atoms with Crippen LogP contribution in [0.3, 0.4) is 0 Å². The van der Waals surface area contributed by atoms with Crippen LogP contribution in [0.1, 0.15) is 18.1 Å². The Kier molecular flexibility index (Phi) is 9.59. The molecule has 0 unspecified atom stereocenters. The monoisotopic (exact) mass is 575 g/mol. The zero-order chi connectivity index (χ0) is 28.8. The number of nitrogens with one attached hydrogen (secondary N) is 1. The predicted molar refractivity (Wildman–Crippen MR) is 149 cm³/mol. The number of hydrogen-bond acceptors (Lipinski definition) is 7. The van der Waals surface area contributed by atoms with E-state index in [1.165, 1.54) is 39.4 Å². The molecule has 0 bridgehead atoms. The van der Waals surface area contributed by atoms with Crippen LogP contribution in [0.4, 0.5) is 5.69 Å². The summed E-state index contributed by atoms with van der Waals surface area (Å²) in [6.45, 7) is 3.63. The summed E-state index contributed by atoms with van der Waals surface area (Å²) in [5, 5.41) is 2.71. The van der Waals surface area contributed by atoms with E-state index in [0.29, 0.717) is 23.5 Å². The summed E-state index contributed by atoms with van der Waals surface area (Å²) in [6, 6.07) is 17.3. The smallest absolute Gasteiger partial charge is 0.268 e. The number of methoxy groups -OCH3 is 1. The molecule has 0 radical (unpaired) electrons. The van der Waals surface area contributed by atoms with Gasteiger partial charge >= 0.3 is 0 Å². The Hall–Kier alpha value is -3.61. The first-order chi connectivity index (χ1) is 18.4. The van der Waals surface area contributed by atoms with Crippen LogP contribution >= 0.6 is 0 Å². The predicted octanol–water partition coefficient (Wildman–Crippen LogP) is 3.16. The molecule has 0 saturated heterocycles. The normalized spacial score (nSPS) is 11.7. The first-order valence-electron chi connectivity index (χ1n) is 12.1. The molecule has 1 amide bonds. The summed E-state index contributed by atoms with van der Waals surface area (Å²) >= 11 is 0. The number of carbonyl (C=O) groups is 1. The number of aryl methyl sites for hydroxylation is 1. The zero-order valence-electron chi connectivity index (χ0n) is 22.5. The molecule has 0 saturated carbocycles. The van der Waals surface area contributed by atoms with Crippen molar-refractivity contribution in [1.29, 1.82) is 0 Å². The van der Waals surface area contributed by atoms with Crippen molar-refractivity contribution < 1.29 is 31.1 Å². The number of sulfonamides is 2. The summed E-state index contributed by atoms with van der Waals surface area (Å²) in [4.78, 5) is 13.1. The first kappa shape index (κ1) is 29.9. The van der Waals surface area contributed by atoms with Crippen LogP contribution in [0.25, 0.3) is 0 Å². The fourth-order valence-corrected chi connectivity index (χ4v) is 6.24. The number of nitrogens with zero attached hydrogens (tertiary/aromatic N) is 2. The molecule has 0 aromatic heterocycles. The van der Waals surface area contributed by atoms with Gasteiger partial charge in [0.05, 0.1) is 24.3 Å². The van der Waals surface area contributed by atoms with E-state index in [-0.39, 0.29) is 27.8 Å². The van der Waals surface area contributed by atoms with Gasteiger partial charge in [-0.05, 0) is 73.5 Å². The van der Waals surface area contributed by atoms with Gasteiger partial charge in [-0.2, -0.15) is 0 Å². The van der Waals surface area contributed by atoms with Crippen LogP contribution < -0.4 is 19.1 Å². The van der Waals surface area contributed by atoms with Crippen molar-refractivity contribution in [1.82, 2.24) is 9.62 Å². The molecule has 210 valence electrons. The number of anilines is 1. The van der Waals surface area contributed by atoms with Crippen LogP contribution in [0, 0.1) is 6.92 Å². The third kappa shape index (κ3) is 7.08. The first-order valence-corrected chi connectivity index (χ1v) is 15.0. The Balaban J connectivity index is 1.87. The highest BCUT2D eigenvalue weighted by atomic mass is 32.2. The van der Waals surface area contributed by atoms with Crippen molar-refractivity contribution in [3.8, 4) is 11.5 Å². The van der Waals surface area contributed by atoms with Gasteiger partial charge in [-0.15, -0.1) is 0 Å². The molecule has 0 fully saturated rings. The Bertz CT molecular complexity index is 1500. The molecule has 3 aromatic carbocycles. The summed E-state index contributed by atoms with van der Waals surface area (Å²) in [5.74, 6) is 0.171. The van der Waals surface area contributed by atoms with E-state index >= 15 is 0 Å². The van der Waals surface area contributed by atoms with E-state index in [9.17, 15) is 21.6 Å². The standard InChI is InChI=1S/C27H33N3O7S2/c1-6-37-23-12-10-22(11-13-23)30(39(34,35)26-17-20(2)7-16-25(26)36-5)19-27(31)28-18-21-8-14-24(15-9-21)38(32,33)29(3)4/h7-17H,6,18-19H2,1-5H3,(H,28,31). The zero-order valence-corrected chi connectivity index (χ0v) is 24.2. The Labute approximate surface area is 230 Å². The molecule has 3 rings (SSSR count). The molecule has 0 aliphatic rings. The molecule has 0 heterocycles. The van der Waals surface area contributed by atoms with Crippen LogP contribution in [0.5, 0.6) is 11.5 Å². The molecule has 0 spiro atoms. The van der Waals surface area contributed by atoms with E-state index in [0.717, 1.165) is 8.61 Å². The van der Waals surface area contributed by atoms with Crippen LogP contribution in [-0.4, -0.2) is 61.4 Å². The fraction of sp³-hybridized carbons (Fsp3) is 0.296. The minimum Gasteiger partial charge on any atom is -0.495 e. The highest BCUT2D eigenvalue weighted by molar-refractivity contribution is 7.93. The molecule has 39 heavy (non-hydrogen) atoms. The summed E-state index contributed by atoms with van der Waals surface area (Å²) in [7, 11) is -3.52. The topological polar surface area (TPSA) is 122 Å². The summed E-state index contributed by atoms with van der Waals surface area (Å²) in [5.41, 5.74) is 1.64. The largest absolute Gasteiger partial charge is 0.495 e.